The van der Waals surface area contributed by atoms with E-state index in [1.165, 1.54) is 6.33 Å². The van der Waals surface area contributed by atoms with Gasteiger partial charge in [-0.3, -0.25) is 4.79 Å². The predicted molar refractivity (Wildman–Crippen MR) is 120 cm³/mol. The topological polar surface area (TPSA) is 86.0 Å². The second-order valence-electron chi connectivity index (χ2n) is 8.00. The Kier molecular flexibility index (Phi) is 6.29. The number of hydrogen-bond acceptors (Lipinski definition) is 6. The highest BCUT2D eigenvalue weighted by molar-refractivity contribution is 5.88. The number of aliphatic hydroxyl groups excluding tert-OH is 1. The standard InChI is InChI=1S/C23H28N6O2/c1-27(2)11-6-9-21(31)28-12-10-19-18(13-28)14-29-22(19)23(24-16-25-29)26-20(15-30)17-7-4-3-5-8-17/h3-9,14,16,20,30H,10-13,15H2,1-2H3,(H,24,25,26). The molecule has 3 heterocycles. The van der Waals surface area contributed by atoms with Gasteiger partial charge in [-0.2, -0.15) is 5.10 Å². The first-order valence-electron chi connectivity index (χ1n) is 10.4. The van der Waals surface area contributed by atoms with Gasteiger partial charge in [-0.1, -0.05) is 36.4 Å². The van der Waals surface area contributed by atoms with Crippen molar-refractivity contribution in [3.8, 4) is 0 Å². The number of likely N-dealkylation sites (N-methyl/N-ethyl adjacent to an activating group) is 1. The number of rotatable bonds is 7. The maximum absolute atomic E-state index is 12.6. The molecule has 1 atom stereocenters. The Balaban J connectivity index is 1.58. The first kappa shape index (κ1) is 21.0. The lowest BCUT2D eigenvalue weighted by Crippen LogP contribution is -2.34. The molecule has 0 saturated carbocycles. The molecule has 0 radical (unpaired) electrons. The molecule has 0 saturated heterocycles. The Morgan fingerprint density at radius 3 is 2.87 bits per heavy atom. The zero-order chi connectivity index (χ0) is 21.8. The summed E-state index contributed by atoms with van der Waals surface area (Å²) < 4.78 is 1.81. The first-order valence-corrected chi connectivity index (χ1v) is 10.4. The van der Waals surface area contributed by atoms with E-state index in [2.05, 4.69) is 15.4 Å². The van der Waals surface area contributed by atoms with Crippen molar-refractivity contribution in [2.45, 2.75) is 19.0 Å². The van der Waals surface area contributed by atoms with E-state index in [9.17, 15) is 9.90 Å². The number of aromatic nitrogens is 3. The Bertz CT molecular complexity index is 1080. The first-order chi connectivity index (χ1) is 15.1. The van der Waals surface area contributed by atoms with Crippen LogP contribution in [0.3, 0.4) is 0 Å². The summed E-state index contributed by atoms with van der Waals surface area (Å²) in [6.45, 7) is 1.88. The Hall–Kier alpha value is -3.23. The lowest BCUT2D eigenvalue weighted by molar-refractivity contribution is -0.126. The van der Waals surface area contributed by atoms with Crippen molar-refractivity contribution >= 4 is 17.2 Å². The molecule has 1 aliphatic heterocycles. The van der Waals surface area contributed by atoms with Gasteiger partial charge in [0.1, 0.15) is 11.8 Å². The van der Waals surface area contributed by atoms with Gasteiger partial charge in [0.15, 0.2) is 5.82 Å². The van der Waals surface area contributed by atoms with Crippen molar-refractivity contribution < 1.29 is 9.90 Å². The lowest BCUT2D eigenvalue weighted by atomic mass is 10.0. The summed E-state index contributed by atoms with van der Waals surface area (Å²) in [6, 6.07) is 9.54. The minimum atomic E-state index is -0.269. The largest absolute Gasteiger partial charge is 0.394 e. The molecule has 8 nitrogen and oxygen atoms in total. The van der Waals surface area contributed by atoms with E-state index in [0.717, 1.165) is 35.2 Å². The van der Waals surface area contributed by atoms with Crippen LogP contribution in [0.1, 0.15) is 22.7 Å². The van der Waals surface area contributed by atoms with Crippen molar-refractivity contribution in [3.05, 3.63) is 71.7 Å². The highest BCUT2D eigenvalue weighted by atomic mass is 16.3. The number of fused-ring (bicyclic) bond motifs is 3. The average Bonchev–Trinajstić information content (AvgIpc) is 3.16. The molecule has 1 amide bonds. The lowest BCUT2D eigenvalue weighted by Gasteiger charge is -2.26. The van der Waals surface area contributed by atoms with E-state index in [-0.39, 0.29) is 18.6 Å². The third-order valence-electron chi connectivity index (χ3n) is 5.50. The number of carbonyl (C=O) groups excluding carboxylic acids is 1. The summed E-state index contributed by atoms with van der Waals surface area (Å²) in [4.78, 5) is 20.9. The van der Waals surface area contributed by atoms with Gasteiger partial charge < -0.3 is 20.2 Å². The number of benzene rings is 1. The summed E-state index contributed by atoms with van der Waals surface area (Å²) in [7, 11) is 3.95. The summed E-state index contributed by atoms with van der Waals surface area (Å²) in [5.74, 6) is 0.710. The van der Waals surface area contributed by atoms with Crippen LogP contribution in [0.25, 0.3) is 5.52 Å². The van der Waals surface area contributed by atoms with E-state index in [1.807, 2.05) is 71.0 Å². The second-order valence-corrected chi connectivity index (χ2v) is 8.00. The van der Waals surface area contributed by atoms with E-state index in [4.69, 9.17) is 0 Å². The van der Waals surface area contributed by atoms with Gasteiger partial charge in [0.25, 0.3) is 0 Å². The van der Waals surface area contributed by atoms with Crippen LogP contribution in [0, 0.1) is 0 Å². The zero-order valence-electron chi connectivity index (χ0n) is 17.9. The van der Waals surface area contributed by atoms with Crippen LogP contribution in [-0.4, -0.2) is 69.2 Å². The van der Waals surface area contributed by atoms with Crippen molar-refractivity contribution in [1.82, 2.24) is 24.4 Å². The average molecular weight is 421 g/mol. The van der Waals surface area contributed by atoms with Gasteiger partial charge in [0.2, 0.25) is 5.91 Å². The molecule has 162 valence electrons. The molecule has 3 aromatic rings. The smallest absolute Gasteiger partial charge is 0.246 e. The highest BCUT2D eigenvalue weighted by Crippen LogP contribution is 2.30. The minimum Gasteiger partial charge on any atom is -0.394 e. The summed E-state index contributed by atoms with van der Waals surface area (Å²) in [5, 5.41) is 17.7. The molecule has 0 bridgehead atoms. The van der Waals surface area contributed by atoms with Crippen LogP contribution in [0.2, 0.25) is 0 Å². The number of aliphatic hydroxyl groups is 1. The number of carbonyl (C=O) groups is 1. The fraction of sp³-hybridized carbons (Fsp3) is 0.348. The third kappa shape index (κ3) is 4.60. The van der Waals surface area contributed by atoms with E-state index >= 15 is 0 Å². The quantitative estimate of drug-likeness (QED) is 0.568. The second kappa shape index (κ2) is 9.28. The number of nitrogens with zero attached hydrogens (tertiary/aromatic N) is 5. The number of nitrogens with one attached hydrogen (secondary N) is 1. The van der Waals surface area contributed by atoms with Gasteiger partial charge in [-0.05, 0) is 37.2 Å². The summed E-state index contributed by atoms with van der Waals surface area (Å²) in [5.41, 5.74) is 4.11. The van der Waals surface area contributed by atoms with Crippen LogP contribution >= 0.6 is 0 Å². The molecule has 2 aromatic heterocycles. The molecule has 8 heteroatoms. The van der Waals surface area contributed by atoms with E-state index in [0.29, 0.717) is 18.9 Å². The summed E-state index contributed by atoms with van der Waals surface area (Å²) in [6.07, 6.45) is 7.75. The molecule has 4 rings (SSSR count). The summed E-state index contributed by atoms with van der Waals surface area (Å²) >= 11 is 0. The monoisotopic (exact) mass is 420 g/mol. The van der Waals surface area contributed by atoms with Crippen LogP contribution in [-0.2, 0) is 17.8 Å². The zero-order valence-corrected chi connectivity index (χ0v) is 17.9. The van der Waals surface area contributed by atoms with Crippen LogP contribution < -0.4 is 5.32 Å². The molecule has 0 spiro atoms. The highest BCUT2D eigenvalue weighted by Gasteiger charge is 2.25. The number of hydrogen-bond donors (Lipinski definition) is 2. The predicted octanol–water partition coefficient (Wildman–Crippen LogP) is 1.88. The van der Waals surface area contributed by atoms with Crippen LogP contribution in [0.15, 0.2) is 55.0 Å². The van der Waals surface area contributed by atoms with Crippen molar-refractivity contribution in [1.29, 1.82) is 0 Å². The van der Waals surface area contributed by atoms with Crippen molar-refractivity contribution in [2.24, 2.45) is 0 Å². The molecular formula is C23H28N6O2. The normalized spacial score (nSPS) is 14.9. The third-order valence-corrected chi connectivity index (χ3v) is 5.50. The molecule has 1 unspecified atom stereocenters. The molecule has 2 N–H and O–H groups in total. The molecule has 1 aromatic carbocycles. The molecule has 1 aliphatic rings. The molecule has 0 fully saturated rings. The fourth-order valence-corrected chi connectivity index (χ4v) is 3.92. The number of anilines is 1. The van der Waals surface area contributed by atoms with Crippen molar-refractivity contribution in [3.63, 3.8) is 0 Å². The van der Waals surface area contributed by atoms with Gasteiger partial charge in [-0.25, -0.2) is 9.50 Å². The Morgan fingerprint density at radius 1 is 1.32 bits per heavy atom. The Morgan fingerprint density at radius 2 is 2.13 bits per heavy atom. The molecular weight excluding hydrogens is 392 g/mol. The van der Waals surface area contributed by atoms with Crippen LogP contribution in [0.5, 0.6) is 0 Å². The maximum Gasteiger partial charge on any atom is 0.246 e. The maximum atomic E-state index is 12.6. The van der Waals surface area contributed by atoms with Crippen molar-refractivity contribution in [2.75, 3.05) is 39.1 Å². The van der Waals surface area contributed by atoms with Gasteiger partial charge in [-0.15, -0.1) is 0 Å². The van der Waals surface area contributed by atoms with Crippen LogP contribution in [0.4, 0.5) is 5.82 Å². The van der Waals surface area contributed by atoms with Gasteiger partial charge in [0, 0.05) is 31.9 Å². The molecule has 31 heavy (non-hydrogen) atoms. The Labute approximate surface area is 181 Å². The SMILES string of the molecule is CN(C)CC=CC(=O)N1CCc2c(cn3ncnc(NC(CO)c4ccccc4)c23)C1. The minimum absolute atomic E-state index is 0.0246. The van der Waals surface area contributed by atoms with E-state index < -0.39 is 0 Å². The molecule has 0 aliphatic carbocycles. The number of amides is 1. The van der Waals surface area contributed by atoms with Gasteiger partial charge >= 0.3 is 0 Å². The van der Waals surface area contributed by atoms with E-state index in [1.54, 1.807) is 6.08 Å². The van der Waals surface area contributed by atoms with Gasteiger partial charge in [0.05, 0.1) is 12.6 Å². The fourth-order valence-electron chi connectivity index (χ4n) is 3.92.